The zero-order chi connectivity index (χ0) is 15.0. The molecule has 0 fully saturated rings. The number of carbonyl (C=O) groups excluding carboxylic acids is 1. The molecule has 0 saturated heterocycles. The molecule has 0 bridgehead atoms. The number of anilines is 1. The standard InChI is InChI=1S/C14H23N3O3/c1-17(8-13(18)10-20-2)9-14(19)16-12-5-3-11(7-15)4-6-12/h3-6,13,18H,7-10,15H2,1-2H3,(H,16,19). The number of aliphatic hydroxyl groups is 1. The number of amides is 1. The Balaban J connectivity index is 2.38. The van der Waals surface area contributed by atoms with Crippen molar-refractivity contribution in [3.05, 3.63) is 29.8 Å². The highest BCUT2D eigenvalue weighted by molar-refractivity contribution is 5.92. The Hall–Kier alpha value is -1.47. The van der Waals surface area contributed by atoms with E-state index in [9.17, 15) is 9.90 Å². The molecular formula is C14H23N3O3. The number of nitrogens with zero attached hydrogens (tertiary/aromatic N) is 1. The number of rotatable bonds is 8. The van der Waals surface area contributed by atoms with Gasteiger partial charge in [0.2, 0.25) is 5.91 Å². The van der Waals surface area contributed by atoms with E-state index in [0.29, 0.717) is 13.1 Å². The van der Waals surface area contributed by atoms with Crippen molar-refractivity contribution in [1.29, 1.82) is 0 Å². The van der Waals surface area contributed by atoms with Gasteiger partial charge in [0.1, 0.15) is 0 Å². The largest absolute Gasteiger partial charge is 0.389 e. The summed E-state index contributed by atoms with van der Waals surface area (Å²) >= 11 is 0. The summed E-state index contributed by atoms with van der Waals surface area (Å²) in [5.74, 6) is -0.127. The zero-order valence-electron chi connectivity index (χ0n) is 12.0. The van der Waals surface area contributed by atoms with Crippen molar-refractivity contribution in [2.45, 2.75) is 12.6 Å². The zero-order valence-corrected chi connectivity index (χ0v) is 12.0. The number of ether oxygens (including phenoxy) is 1. The van der Waals surface area contributed by atoms with Crippen molar-refractivity contribution in [3.63, 3.8) is 0 Å². The molecule has 0 heterocycles. The van der Waals surface area contributed by atoms with E-state index in [2.05, 4.69) is 5.32 Å². The van der Waals surface area contributed by atoms with E-state index in [4.69, 9.17) is 10.5 Å². The van der Waals surface area contributed by atoms with E-state index < -0.39 is 6.10 Å². The van der Waals surface area contributed by atoms with E-state index in [-0.39, 0.29) is 19.1 Å². The molecule has 0 aromatic heterocycles. The predicted molar refractivity (Wildman–Crippen MR) is 78.3 cm³/mol. The molecule has 0 saturated carbocycles. The first-order valence-corrected chi connectivity index (χ1v) is 6.49. The van der Waals surface area contributed by atoms with Crippen molar-refractivity contribution in [1.82, 2.24) is 4.90 Å². The second kappa shape index (κ2) is 8.65. The Labute approximate surface area is 119 Å². The average molecular weight is 281 g/mol. The number of hydrogen-bond donors (Lipinski definition) is 3. The monoisotopic (exact) mass is 281 g/mol. The highest BCUT2D eigenvalue weighted by atomic mass is 16.5. The summed E-state index contributed by atoms with van der Waals surface area (Å²) in [6.45, 7) is 1.33. The molecule has 1 rings (SSSR count). The van der Waals surface area contributed by atoms with Crippen LogP contribution in [0.1, 0.15) is 5.56 Å². The third-order valence-electron chi connectivity index (χ3n) is 2.77. The summed E-state index contributed by atoms with van der Waals surface area (Å²) < 4.78 is 4.84. The van der Waals surface area contributed by atoms with Gasteiger partial charge in [-0.25, -0.2) is 0 Å². The van der Waals surface area contributed by atoms with Crippen LogP contribution in [0.3, 0.4) is 0 Å². The van der Waals surface area contributed by atoms with Gasteiger partial charge in [-0.15, -0.1) is 0 Å². The smallest absolute Gasteiger partial charge is 0.238 e. The number of hydrogen-bond acceptors (Lipinski definition) is 5. The van der Waals surface area contributed by atoms with Crippen LogP contribution >= 0.6 is 0 Å². The number of methoxy groups -OCH3 is 1. The van der Waals surface area contributed by atoms with Crippen molar-refractivity contribution in [2.24, 2.45) is 5.73 Å². The van der Waals surface area contributed by atoms with Crippen LogP contribution in [0.25, 0.3) is 0 Å². The molecule has 0 spiro atoms. The normalized spacial score (nSPS) is 12.4. The molecule has 6 nitrogen and oxygen atoms in total. The molecule has 1 aromatic rings. The third kappa shape index (κ3) is 6.12. The Morgan fingerprint density at radius 3 is 2.65 bits per heavy atom. The van der Waals surface area contributed by atoms with Crippen LogP contribution in [0.4, 0.5) is 5.69 Å². The lowest BCUT2D eigenvalue weighted by molar-refractivity contribution is -0.117. The Morgan fingerprint density at radius 2 is 2.10 bits per heavy atom. The van der Waals surface area contributed by atoms with Crippen LogP contribution in [-0.2, 0) is 16.1 Å². The summed E-state index contributed by atoms with van der Waals surface area (Å²) in [6, 6.07) is 7.39. The maximum absolute atomic E-state index is 11.8. The molecule has 1 atom stereocenters. The van der Waals surface area contributed by atoms with Gasteiger partial charge in [-0.2, -0.15) is 0 Å². The topological polar surface area (TPSA) is 87.8 Å². The van der Waals surface area contributed by atoms with Crippen LogP contribution in [-0.4, -0.2) is 55.9 Å². The molecule has 1 unspecified atom stereocenters. The fourth-order valence-corrected chi connectivity index (χ4v) is 1.84. The summed E-state index contributed by atoms with van der Waals surface area (Å²) in [5, 5.41) is 12.4. The molecule has 112 valence electrons. The summed E-state index contributed by atoms with van der Waals surface area (Å²) in [7, 11) is 3.30. The van der Waals surface area contributed by atoms with Crippen LogP contribution in [0.2, 0.25) is 0 Å². The molecule has 0 radical (unpaired) electrons. The molecule has 4 N–H and O–H groups in total. The predicted octanol–water partition coefficient (Wildman–Crippen LogP) is 0.0229. The number of nitrogens with one attached hydrogen (secondary N) is 1. The first-order chi connectivity index (χ1) is 9.55. The minimum absolute atomic E-state index is 0.127. The Morgan fingerprint density at radius 1 is 1.45 bits per heavy atom. The number of nitrogens with two attached hydrogens (primary N) is 1. The van der Waals surface area contributed by atoms with Crippen molar-refractivity contribution in [2.75, 3.05) is 39.2 Å². The lowest BCUT2D eigenvalue weighted by Gasteiger charge is -2.19. The van der Waals surface area contributed by atoms with E-state index in [1.807, 2.05) is 24.3 Å². The molecule has 0 aliphatic carbocycles. The molecule has 0 aliphatic rings. The van der Waals surface area contributed by atoms with Gasteiger partial charge in [-0.1, -0.05) is 12.1 Å². The minimum atomic E-state index is -0.596. The van der Waals surface area contributed by atoms with Crippen LogP contribution in [0.5, 0.6) is 0 Å². The number of likely N-dealkylation sites (N-methyl/N-ethyl adjacent to an activating group) is 1. The van der Waals surface area contributed by atoms with E-state index >= 15 is 0 Å². The van der Waals surface area contributed by atoms with Crippen LogP contribution in [0.15, 0.2) is 24.3 Å². The van der Waals surface area contributed by atoms with Crippen LogP contribution < -0.4 is 11.1 Å². The lowest BCUT2D eigenvalue weighted by Crippen LogP contribution is -2.37. The fraction of sp³-hybridized carbons (Fsp3) is 0.500. The van der Waals surface area contributed by atoms with Gasteiger partial charge in [0.05, 0.1) is 19.3 Å². The van der Waals surface area contributed by atoms with Gasteiger partial charge < -0.3 is 20.9 Å². The van der Waals surface area contributed by atoms with Gasteiger partial charge >= 0.3 is 0 Å². The average Bonchev–Trinajstić information content (AvgIpc) is 2.39. The summed E-state index contributed by atoms with van der Waals surface area (Å²) in [6.07, 6.45) is -0.596. The molecular weight excluding hydrogens is 258 g/mol. The van der Waals surface area contributed by atoms with Gasteiger partial charge in [0, 0.05) is 25.9 Å². The van der Waals surface area contributed by atoms with Gasteiger partial charge in [-0.3, -0.25) is 9.69 Å². The van der Waals surface area contributed by atoms with Gasteiger partial charge in [0.15, 0.2) is 0 Å². The van der Waals surface area contributed by atoms with Crippen LogP contribution in [0, 0.1) is 0 Å². The van der Waals surface area contributed by atoms with Gasteiger partial charge in [0.25, 0.3) is 0 Å². The van der Waals surface area contributed by atoms with Gasteiger partial charge in [-0.05, 0) is 24.7 Å². The lowest BCUT2D eigenvalue weighted by atomic mass is 10.2. The molecule has 20 heavy (non-hydrogen) atoms. The second-order valence-electron chi connectivity index (χ2n) is 4.76. The summed E-state index contributed by atoms with van der Waals surface area (Å²) in [5.41, 5.74) is 7.26. The maximum Gasteiger partial charge on any atom is 0.238 e. The van der Waals surface area contributed by atoms with Crippen molar-refractivity contribution >= 4 is 11.6 Å². The van der Waals surface area contributed by atoms with E-state index in [0.717, 1.165) is 11.3 Å². The highest BCUT2D eigenvalue weighted by Crippen LogP contribution is 2.08. The maximum atomic E-state index is 11.8. The Kier molecular flexibility index (Phi) is 7.17. The van der Waals surface area contributed by atoms with Crippen molar-refractivity contribution in [3.8, 4) is 0 Å². The molecule has 6 heteroatoms. The first kappa shape index (κ1) is 16.6. The molecule has 0 aliphatic heterocycles. The SMILES string of the molecule is COCC(O)CN(C)CC(=O)Nc1ccc(CN)cc1. The quantitative estimate of drug-likeness (QED) is 0.625. The first-order valence-electron chi connectivity index (χ1n) is 6.49. The van der Waals surface area contributed by atoms with E-state index in [1.165, 1.54) is 7.11 Å². The molecule has 1 amide bonds. The third-order valence-corrected chi connectivity index (χ3v) is 2.77. The number of carbonyl (C=O) groups is 1. The molecule has 1 aromatic carbocycles. The fourth-order valence-electron chi connectivity index (χ4n) is 1.84. The highest BCUT2D eigenvalue weighted by Gasteiger charge is 2.11. The van der Waals surface area contributed by atoms with Crippen molar-refractivity contribution < 1.29 is 14.6 Å². The minimum Gasteiger partial charge on any atom is -0.389 e. The second-order valence-corrected chi connectivity index (χ2v) is 4.76. The number of benzene rings is 1. The number of aliphatic hydroxyl groups excluding tert-OH is 1. The summed E-state index contributed by atoms with van der Waals surface area (Å²) in [4.78, 5) is 13.6. The van der Waals surface area contributed by atoms with E-state index in [1.54, 1.807) is 11.9 Å². The Bertz CT molecular complexity index is 409.